The largest absolute Gasteiger partial charge is 0.282 e. The Hall–Kier alpha value is -0.600. The molecular formula is C12H16BrNO4S2. The molecule has 0 aromatic heterocycles. The van der Waals surface area contributed by atoms with Crippen molar-refractivity contribution in [1.82, 2.24) is 0 Å². The molecule has 0 amide bonds. The summed E-state index contributed by atoms with van der Waals surface area (Å²) in [5.74, 6) is -0.124. The third-order valence-corrected chi connectivity index (χ3v) is 8.01. The normalized spacial score (nSPS) is 19.7. The summed E-state index contributed by atoms with van der Waals surface area (Å²) in [6.45, 7) is 1.87. The van der Waals surface area contributed by atoms with Gasteiger partial charge >= 0.3 is 0 Å². The standard InChI is InChI=1S/C12H16BrNO4S2/c1-9-3-2-4-11(12(9)13)14-20(17,18)10-5-7-19(15,16)8-6-10/h2-4,10,14H,5-8H2,1H3. The summed E-state index contributed by atoms with van der Waals surface area (Å²) in [4.78, 5) is 0. The molecule has 0 radical (unpaired) electrons. The van der Waals surface area contributed by atoms with Crippen molar-refractivity contribution in [3.63, 3.8) is 0 Å². The first kappa shape index (κ1) is 15.8. The minimum atomic E-state index is -3.57. The number of benzene rings is 1. The van der Waals surface area contributed by atoms with Crippen LogP contribution in [0.25, 0.3) is 0 Å². The van der Waals surface area contributed by atoms with Gasteiger partial charge in [-0.3, -0.25) is 4.72 Å². The van der Waals surface area contributed by atoms with Crippen LogP contribution in [-0.2, 0) is 19.9 Å². The van der Waals surface area contributed by atoms with E-state index in [4.69, 9.17) is 0 Å². The first-order valence-corrected chi connectivity index (χ1v) is 10.3. The molecule has 0 spiro atoms. The van der Waals surface area contributed by atoms with Gasteiger partial charge in [-0.15, -0.1) is 0 Å². The van der Waals surface area contributed by atoms with Crippen molar-refractivity contribution >= 4 is 41.5 Å². The highest BCUT2D eigenvalue weighted by Gasteiger charge is 2.33. The summed E-state index contributed by atoms with van der Waals surface area (Å²) < 4.78 is 50.6. The minimum absolute atomic E-state index is 0.0619. The number of hydrogen-bond donors (Lipinski definition) is 1. The van der Waals surface area contributed by atoms with Crippen molar-refractivity contribution in [3.05, 3.63) is 28.2 Å². The van der Waals surface area contributed by atoms with E-state index in [-0.39, 0.29) is 24.3 Å². The van der Waals surface area contributed by atoms with E-state index in [2.05, 4.69) is 20.7 Å². The van der Waals surface area contributed by atoms with E-state index in [0.717, 1.165) is 5.56 Å². The third-order valence-electron chi connectivity index (χ3n) is 3.38. The van der Waals surface area contributed by atoms with E-state index in [1.807, 2.05) is 13.0 Å². The molecule has 1 heterocycles. The van der Waals surface area contributed by atoms with Crippen LogP contribution in [-0.4, -0.2) is 33.6 Å². The van der Waals surface area contributed by atoms with Crippen LogP contribution in [0, 0.1) is 6.92 Å². The average molecular weight is 382 g/mol. The number of anilines is 1. The fourth-order valence-electron chi connectivity index (χ4n) is 2.14. The topological polar surface area (TPSA) is 80.3 Å². The van der Waals surface area contributed by atoms with Gasteiger partial charge in [0.1, 0.15) is 9.84 Å². The molecule has 112 valence electrons. The Kier molecular flexibility index (Phi) is 4.46. The molecule has 1 fully saturated rings. The molecule has 1 saturated heterocycles. The maximum Gasteiger partial charge on any atom is 0.235 e. The molecule has 0 unspecified atom stereocenters. The summed E-state index contributed by atoms with van der Waals surface area (Å²) in [5.41, 5.74) is 1.41. The van der Waals surface area contributed by atoms with Crippen molar-refractivity contribution < 1.29 is 16.8 Å². The summed E-state index contributed by atoms with van der Waals surface area (Å²) in [6.07, 6.45) is 0.308. The van der Waals surface area contributed by atoms with Crippen LogP contribution in [0.1, 0.15) is 18.4 Å². The molecule has 0 bridgehead atoms. The third kappa shape index (κ3) is 3.53. The van der Waals surface area contributed by atoms with Gasteiger partial charge in [-0.2, -0.15) is 0 Å². The summed E-state index contributed by atoms with van der Waals surface area (Å²) >= 11 is 3.35. The first-order valence-electron chi connectivity index (χ1n) is 6.18. The molecule has 1 aromatic carbocycles. The Labute approximate surface area is 127 Å². The number of rotatable bonds is 3. The average Bonchev–Trinajstić information content (AvgIpc) is 2.34. The fourth-order valence-corrected chi connectivity index (χ4v) is 5.93. The van der Waals surface area contributed by atoms with Crippen LogP contribution in [0.4, 0.5) is 5.69 Å². The summed E-state index contributed by atoms with van der Waals surface area (Å²) in [7, 11) is -6.64. The van der Waals surface area contributed by atoms with Crippen LogP contribution in [0.3, 0.4) is 0 Å². The highest BCUT2D eigenvalue weighted by molar-refractivity contribution is 9.10. The van der Waals surface area contributed by atoms with Crippen LogP contribution >= 0.6 is 15.9 Å². The van der Waals surface area contributed by atoms with Crippen LogP contribution in [0.15, 0.2) is 22.7 Å². The maximum atomic E-state index is 12.3. The van der Waals surface area contributed by atoms with Gasteiger partial charge in [-0.1, -0.05) is 12.1 Å². The Morgan fingerprint density at radius 2 is 1.85 bits per heavy atom. The lowest BCUT2D eigenvalue weighted by Gasteiger charge is -2.23. The molecular weight excluding hydrogens is 366 g/mol. The molecule has 20 heavy (non-hydrogen) atoms. The van der Waals surface area contributed by atoms with Gasteiger partial charge in [0.2, 0.25) is 10.0 Å². The van der Waals surface area contributed by atoms with Crippen molar-refractivity contribution in [2.75, 3.05) is 16.2 Å². The summed E-state index contributed by atoms with van der Waals surface area (Å²) in [5, 5.41) is -0.654. The number of sulfonamides is 1. The van der Waals surface area contributed by atoms with Crippen LogP contribution in [0.5, 0.6) is 0 Å². The molecule has 1 aliphatic heterocycles. The van der Waals surface area contributed by atoms with Gasteiger partial charge in [0.05, 0.1) is 22.4 Å². The Bertz CT molecular complexity index is 699. The van der Waals surface area contributed by atoms with Crippen LogP contribution in [0.2, 0.25) is 0 Å². The highest BCUT2D eigenvalue weighted by Crippen LogP contribution is 2.29. The van der Waals surface area contributed by atoms with Crippen molar-refractivity contribution in [3.8, 4) is 0 Å². The lowest BCUT2D eigenvalue weighted by molar-refractivity contribution is 0.555. The summed E-state index contributed by atoms with van der Waals surface area (Å²) in [6, 6.07) is 5.31. The van der Waals surface area contributed by atoms with Gasteiger partial charge in [0.25, 0.3) is 0 Å². The van der Waals surface area contributed by atoms with E-state index in [0.29, 0.717) is 10.2 Å². The van der Waals surface area contributed by atoms with Crippen LogP contribution < -0.4 is 4.72 Å². The van der Waals surface area contributed by atoms with Crippen molar-refractivity contribution in [2.45, 2.75) is 25.0 Å². The molecule has 0 saturated carbocycles. The van der Waals surface area contributed by atoms with Gasteiger partial charge in [0.15, 0.2) is 0 Å². The van der Waals surface area contributed by atoms with E-state index < -0.39 is 25.1 Å². The molecule has 1 aliphatic rings. The number of hydrogen-bond acceptors (Lipinski definition) is 4. The van der Waals surface area contributed by atoms with Crippen molar-refractivity contribution in [1.29, 1.82) is 0 Å². The number of nitrogens with one attached hydrogen (secondary N) is 1. The van der Waals surface area contributed by atoms with Gasteiger partial charge in [0, 0.05) is 4.47 Å². The molecule has 0 aliphatic carbocycles. The number of halogens is 1. The smallest absolute Gasteiger partial charge is 0.235 e. The fraction of sp³-hybridized carbons (Fsp3) is 0.500. The second-order valence-corrected chi connectivity index (χ2v) is 9.99. The zero-order valence-electron chi connectivity index (χ0n) is 11.0. The Morgan fingerprint density at radius 3 is 2.45 bits per heavy atom. The Balaban J connectivity index is 2.18. The minimum Gasteiger partial charge on any atom is -0.282 e. The predicted molar refractivity (Wildman–Crippen MR) is 83.1 cm³/mol. The molecule has 0 atom stereocenters. The number of sulfone groups is 1. The molecule has 8 heteroatoms. The van der Waals surface area contributed by atoms with Gasteiger partial charge < -0.3 is 0 Å². The predicted octanol–water partition coefficient (Wildman–Crippen LogP) is 2.08. The number of aryl methyl sites for hydroxylation is 1. The van der Waals surface area contributed by atoms with Gasteiger partial charge in [-0.05, 0) is 47.3 Å². The molecule has 2 rings (SSSR count). The monoisotopic (exact) mass is 381 g/mol. The first-order chi connectivity index (χ1) is 9.21. The molecule has 1 aromatic rings. The van der Waals surface area contributed by atoms with Gasteiger partial charge in [-0.25, -0.2) is 16.8 Å². The lowest BCUT2D eigenvalue weighted by Crippen LogP contribution is -2.36. The van der Waals surface area contributed by atoms with E-state index >= 15 is 0 Å². The quantitative estimate of drug-likeness (QED) is 0.868. The van der Waals surface area contributed by atoms with Crippen molar-refractivity contribution in [2.24, 2.45) is 0 Å². The molecule has 5 nitrogen and oxygen atoms in total. The second kappa shape index (κ2) is 5.65. The SMILES string of the molecule is Cc1cccc(NS(=O)(=O)C2CCS(=O)(=O)CC2)c1Br. The highest BCUT2D eigenvalue weighted by atomic mass is 79.9. The van der Waals surface area contributed by atoms with E-state index in [1.54, 1.807) is 12.1 Å². The lowest BCUT2D eigenvalue weighted by atomic mass is 10.2. The zero-order valence-corrected chi connectivity index (χ0v) is 14.2. The second-order valence-electron chi connectivity index (χ2n) is 4.93. The van der Waals surface area contributed by atoms with E-state index in [9.17, 15) is 16.8 Å². The van der Waals surface area contributed by atoms with E-state index in [1.165, 1.54) is 0 Å². The molecule has 1 N–H and O–H groups in total. The zero-order chi connectivity index (χ0) is 15.0. The maximum absolute atomic E-state index is 12.3. The Morgan fingerprint density at radius 1 is 1.25 bits per heavy atom.